The van der Waals surface area contributed by atoms with Gasteiger partial charge in [-0.2, -0.15) is 5.26 Å². The smallest absolute Gasteiger partial charge is 0.261 e. The summed E-state index contributed by atoms with van der Waals surface area (Å²) < 4.78 is 1.27. The fourth-order valence-corrected chi connectivity index (χ4v) is 2.58. The summed E-state index contributed by atoms with van der Waals surface area (Å²) in [6.45, 7) is 1.59. The highest BCUT2D eigenvalue weighted by molar-refractivity contribution is 5.79. The maximum atomic E-state index is 12.3. The number of rotatable bonds is 4. The zero-order valence-electron chi connectivity index (χ0n) is 12.2. The number of hydrogen-bond donors (Lipinski definition) is 1. The van der Waals surface area contributed by atoms with Crippen molar-refractivity contribution < 1.29 is 4.79 Å². The van der Waals surface area contributed by atoms with Gasteiger partial charge in [0.15, 0.2) is 0 Å². The maximum Gasteiger partial charge on any atom is 0.261 e. The van der Waals surface area contributed by atoms with Crippen LogP contribution in [0.4, 0.5) is 0 Å². The van der Waals surface area contributed by atoms with Crippen LogP contribution in [-0.2, 0) is 11.3 Å². The lowest BCUT2D eigenvalue weighted by Crippen LogP contribution is -2.48. The number of carbonyl (C=O) groups excluding carboxylic acids is 1. The van der Waals surface area contributed by atoms with E-state index in [1.807, 2.05) is 0 Å². The Morgan fingerprint density at radius 1 is 1.50 bits per heavy atom. The number of carbonyl (C=O) groups is 1. The molecule has 1 amide bonds. The van der Waals surface area contributed by atoms with Crippen molar-refractivity contribution in [2.24, 2.45) is 5.92 Å². The van der Waals surface area contributed by atoms with E-state index in [0.29, 0.717) is 10.9 Å². The average molecular weight is 296 g/mol. The Hall–Kier alpha value is -2.68. The van der Waals surface area contributed by atoms with Crippen LogP contribution in [0.3, 0.4) is 0 Å². The molecule has 2 aromatic rings. The zero-order valence-corrected chi connectivity index (χ0v) is 12.2. The van der Waals surface area contributed by atoms with E-state index in [9.17, 15) is 14.9 Å². The van der Waals surface area contributed by atoms with Gasteiger partial charge in [-0.15, -0.1) is 0 Å². The predicted octanol–water partition coefficient (Wildman–Crippen LogP) is 1.20. The second-order valence-electron chi connectivity index (χ2n) is 5.83. The van der Waals surface area contributed by atoms with Gasteiger partial charge in [0, 0.05) is 0 Å². The van der Waals surface area contributed by atoms with Gasteiger partial charge in [-0.25, -0.2) is 4.98 Å². The minimum Gasteiger partial charge on any atom is -0.336 e. The zero-order chi connectivity index (χ0) is 15.7. The van der Waals surface area contributed by atoms with Crippen molar-refractivity contribution in [1.82, 2.24) is 14.9 Å². The molecule has 1 fully saturated rings. The molecular weight excluding hydrogens is 280 g/mol. The number of aromatic nitrogens is 2. The molecule has 0 aliphatic heterocycles. The molecule has 1 atom stereocenters. The first-order chi connectivity index (χ1) is 10.5. The number of nitriles is 1. The van der Waals surface area contributed by atoms with Crippen LogP contribution in [0.1, 0.15) is 19.8 Å². The van der Waals surface area contributed by atoms with Gasteiger partial charge in [0.2, 0.25) is 5.91 Å². The van der Waals surface area contributed by atoms with Crippen molar-refractivity contribution in [3.8, 4) is 6.07 Å². The van der Waals surface area contributed by atoms with Crippen LogP contribution in [0.15, 0.2) is 35.4 Å². The molecule has 6 nitrogen and oxygen atoms in total. The third kappa shape index (κ3) is 2.58. The minimum absolute atomic E-state index is 0.138. The molecule has 0 saturated heterocycles. The Balaban J connectivity index is 1.81. The maximum absolute atomic E-state index is 12.3. The van der Waals surface area contributed by atoms with Crippen LogP contribution in [0.5, 0.6) is 0 Å². The first kappa shape index (κ1) is 14.3. The SMILES string of the molecule is CC(C#N)(NC(=O)Cn1cnc2ccccc2c1=O)C1CC1. The molecular formula is C16H16N4O2. The molecule has 1 saturated carbocycles. The molecule has 1 aliphatic rings. The molecule has 6 heteroatoms. The van der Waals surface area contributed by atoms with E-state index in [0.717, 1.165) is 12.8 Å². The van der Waals surface area contributed by atoms with Crippen molar-refractivity contribution in [3.63, 3.8) is 0 Å². The number of amides is 1. The normalized spacial score (nSPS) is 16.7. The quantitative estimate of drug-likeness (QED) is 0.918. The summed E-state index contributed by atoms with van der Waals surface area (Å²) in [5, 5.41) is 12.5. The Morgan fingerprint density at radius 3 is 2.91 bits per heavy atom. The lowest BCUT2D eigenvalue weighted by molar-refractivity contribution is -0.123. The van der Waals surface area contributed by atoms with Crippen LogP contribution in [0.2, 0.25) is 0 Å². The molecule has 0 radical (unpaired) electrons. The first-order valence-corrected chi connectivity index (χ1v) is 7.20. The van der Waals surface area contributed by atoms with Gasteiger partial charge in [0.1, 0.15) is 12.1 Å². The lowest BCUT2D eigenvalue weighted by Gasteiger charge is -2.23. The van der Waals surface area contributed by atoms with Crippen molar-refractivity contribution in [2.75, 3.05) is 0 Å². The lowest BCUT2D eigenvalue weighted by atomic mass is 9.98. The average Bonchev–Trinajstić information content (AvgIpc) is 3.35. The first-order valence-electron chi connectivity index (χ1n) is 7.20. The van der Waals surface area contributed by atoms with Crippen molar-refractivity contribution in [2.45, 2.75) is 31.8 Å². The third-order valence-corrected chi connectivity index (χ3v) is 4.07. The van der Waals surface area contributed by atoms with E-state index in [2.05, 4.69) is 16.4 Å². The van der Waals surface area contributed by atoms with Crippen LogP contribution >= 0.6 is 0 Å². The van der Waals surface area contributed by atoms with E-state index < -0.39 is 5.54 Å². The minimum atomic E-state index is -0.856. The summed E-state index contributed by atoms with van der Waals surface area (Å²) in [5.41, 5.74) is -0.514. The Bertz CT molecular complexity index is 832. The van der Waals surface area contributed by atoms with Gasteiger partial charge in [-0.05, 0) is 37.8 Å². The van der Waals surface area contributed by atoms with Crippen LogP contribution < -0.4 is 10.9 Å². The molecule has 3 rings (SSSR count). The molecule has 0 spiro atoms. The highest BCUT2D eigenvalue weighted by Gasteiger charge is 2.42. The Morgan fingerprint density at radius 2 is 2.23 bits per heavy atom. The molecule has 22 heavy (non-hydrogen) atoms. The summed E-state index contributed by atoms with van der Waals surface area (Å²) in [6.07, 6.45) is 3.26. The van der Waals surface area contributed by atoms with Gasteiger partial charge < -0.3 is 5.32 Å². The highest BCUT2D eigenvalue weighted by atomic mass is 16.2. The van der Waals surface area contributed by atoms with E-state index in [-0.39, 0.29) is 23.9 Å². The van der Waals surface area contributed by atoms with Crippen molar-refractivity contribution in [1.29, 1.82) is 5.26 Å². The Labute approximate surface area is 127 Å². The molecule has 1 heterocycles. The monoisotopic (exact) mass is 296 g/mol. The fraction of sp³-hybridized carbons (Fsp3) is 0.375. The predicted molar refractivity (Wildman–Crippen MR) is 80.9 cm³/mol. The molecule has 1 aromatic carbocycles. The van der Waals surface area contributed by atoms with Gasteiger partial charge in [-0.1, -0.05) is 12.1 Å². The third-order valence-electron chi connectivity index (χ3n) is 4.07. The van der Waals surface area contributed by atoms with Gasteiger partial charge in [0.25, 0.3) is 5.56 Å². The van der Waals surface area contributed by atoms with Crippen molar-refractivity contribution >= 4 is 16.8 Å². The van der Waals surface area contributed by atoms with Crippen LogP contribution in [-0.4, -0.2) is 21.0 Å². The van der Waals surface area contributed by atoms with Gasteiger partial charge in [-0.3, -0.25) is 14.2 Å². The molecule has 1 unspecified atom stereocenters. The standard InChI is InChI=1S/C16H16N4O2/c1-16(9-17,11-6-7-11)19-14(21)8-20-10-18-13-5-3-2-4-12(13)15(20)22/h2-5,10-11H,6-8H2,1H3,(H,19,21). The highest BCUT2D eigenvalue weighted by Crippen LogP contribution is 2.39. The Kier molecular flexibility index (Phi) is 3.41. The largest absolute Gasteiger partial charge is 0.336 e. The molecule has 112 valence electrons. The summed E-state index contributed by atoms with van der Waals surface area (Å²) in [6, 6.07) is 9.17. The van der Waals surface area contributed by atoms with E-state index >= 15 is 0 Å². The molecule has 1 aromatic heterocycles. The number of benzene rings is 1. The van der Waals surface area contributed by atoms with Crippen LogP contribution in [0, 0.1) is 17.2 Å². The van der Waals surface area contributed by atoms with E-state index in [1.165, 1.54) is 10.9 Å². The van der Waals surface area contributed by atoms with E-state index in [4.69, 9.17) is 0 Å². The summed E-state index contributed by atoms with van der Waals surface area (Å²) in [7, 11) is 0. The molecule has 1 N–H and O–H groups in total. The second-order valence-corrected chi connectivity index (χ2v) is 5.83. The van der Waals surface area contributed by atoms with Crippen LogP contribution in [0.25, 0.3) is 10.9 Å². The topological polar surface area (TPSA) is 87.8 Å². The number of fused-ring (bicyclic) bond motifs is 1. The summed E-state index contributed by atoms with van der Waals surface area (Å²) in [5.74, 6) is -0.150. The molecule has 0 bridgehead atoms. The fourth-order valence-electron chi connectivity index (χ4n) is 2.58. The molecule has 1 aliphatic carbocycles. The van der Waals surface area contributed by atoms with Gasteiger partial charge >= 0.3 is 0 Å². The summed E-state index contributed by atoms with van der Waals surface area (Å²) in [4.78, 5) is 28.7. The second kappa shape index (κ2) is 5.26. The van der Waals surface area contributed by atoms with Gasteiger partial charge in [0.05, 0.1) is 23.3 Å². The number of nitrogens with one attached hydrogen (secondary N) is 1. The van der Waals surface area contributed by atoms with Crippen molar-refractivity contribution in [3.05, 3.63) is 40.9 Å². The number of hydrogen-bond acceptors (Lipinski definition) is 4. The number of para-hydroxylation sites is 1. The van der Waals surface area contributed by atoms with E-state index in [1.54, 1.807) is 31.2 Å². The summed E-state index contributed by atoms with van der Waals surface area (Å²) >= 11 is 0. The number of nitrogens with zero attached hydrogens (tertiary/aromatic N) is 3.